The van der Waals surface area contributed by atoms with Crippen LogP contribution in [0.3, 0.4) is 0 Å². The maximum absolute atomic E-state index is 13.3. The molecule has 2 aromatic carbocycles. The van der Waals surface area contributed by atoms with Gasteiger partial charge in [-0.3, -0.25) is 9.78 Å². The second-order valence-electron chi connectivity index (χ2n) is 7.82. The molecule has 0 aliphatic carbocycles. The number of phenolic OH excluding ortho intramolecular Hbond substituents is 1. The molecule has 3 heterocycles. The number of nitrogens with one attached hydrogen (secondary N) is 1. The first-order valence-electron chi connectivity index (χ1n) is 10.4. The zero-order chi connectivity index (χ0) is 23.8. The van der Waals surface area contributed by atoms with Crippen molar-refractivity contribution in [2.24, 2.45) is 0 Å². The van der Waals surface area contributed by atoms with E-state index < -0.39 is 5.91 Å². The molecule has 34 heavy (non-hydrogen) atoms. The highest BCUT2D eigenvalue weighted by atomic mass is 19.1. The topological polar surface area (TPSA) is 114 Å². The Labute approximate surface area is 192 Å². The molecule has 1 amide bonds. The molecule has 0 atom stereocenters. The average molecular weight is 458 g/mol. The third-order valence-electron chi connectivity index (χ3n) is 5.68. The van der Waals surface area contributed by atoms with Crippen LogP contribution in [0.1, 0.15) is 21.6 Å². The number of hydrogen-bond donors (Lipinski definition) is 3. The molecule has 3 N–H and O–H groups in total. The van der Waals surface area contributed by atoms with Crippen molar-refractivity contribution in [3.63, 3.8) is 0 Å². The Morgan fingerprint density at radius 1 is 1.09 bits per heavy atom. The number of pyridine rings is 2. The van der Waals surface area contributed by atoms with Crippen molar-refractivity contribution in [2.75, 3.05) is 0 Å². The molecule has 8 nitrogen and oxygen atoms in total. The van der Waals surface area contributed by atoms with E-state index in [4.69, 9.17) is 0 Å². The summed E-state index contributed by atoms with van der Waals surface area (Å²) in [6, 6.07) is 14.0. The van der Waals surface area contributed by atoms with Gasteiger partial charge in [0.25, 0.3) is 5.91 Å². The molecule has 9 heteroatoms. The van der Waals surface area contributed by atoms with E-state index in [1.807, 2.05) is 0 Å². The SMILES string of the molecule is O=C(NCc1cccc[n+]1[O-])c1c2cccnc2c(O)c2c(O)n(Cc3ccc(F)cc3)cc12. The molecule has 0 unspecified atom stereocenters. The van der Waals surface area contributed by atoms with E-state index in [1.54, 1.807) is 48.7 Å². The molecular formula is C25H19FN4O4. The molecule has 170 valence electrons. The van der Waals surface area contributed by atoms with E-state index >= 15 is 0 Å². The van der Waals surface area contributed by atoms with Crippen molar-refractivity contribution in [1.29, 1.82) is 0 Å². The number of phenols is 1. The Kier molecular flexibility index (Phi) is 5.21. The Morgan fingerprint density at radius 3 is 2.65 bits per heavy atom. The van der Waals surface area contributed by atoms with Crippen molar-refractivity contribution in [3.8, 4) is 11.6 Å². The van der Waals surface area contributed by atoms with Crippen molar-refractivity contribution < 1.29 is 24.1 Å². The van der Waals surface area contributed by atoms with Crippen molar-refractivity contribution >= 4 is 27.6 Å². The highest BCUT2D eigenvalue weighted by Crippen LogP contribution is 2.42. The highest BCUT2D eigenvalue weighted by Gasteiger charge is 2.25. The van der Waals surface area contributed by atoms with Gasteiger partial charge in [-0.15, -0.1) is 0 Å². The number of carbonyl (C=O) groups is 1. The maximum Gasteiger partial charge on any atom is 0.253 e. The van der Waals surface area contributed by atoms with Crippen LogP contribution in [0.15, 0.2) is 73.2 Å². The zero-order valence-electron chi connectivity index (χ0n) is 17.8. The number of halogens is 1. The quantitative estimate of drug-likeness (QED) is 0.276. The fourth-order valence-electron chi connectivity index (χ4n) is 4.04. The summed E-state index contributed by atoms with van der Waals surface area (Å²) in [7, 11) is 0. The van der Waals surface area contributed by atoms with Crippen LogP contribution in [0, 0.1) is 11.0 Å². The Balaban J connectivity index is 1.63. The molecule has 0 radical (unpaired) electrons. The zero-order valence-corrected chi connectivity index (χ0v) is 17.8. The summed E-state index contributed by atoms with van der Waals surface area (Å²) in [6.45, 7) is 0.167. The summed E-state index contributed by atoms with van der Waals surface area (Å²) in [5, 5.41) is 37.3. The largest absolute Gasteiger partial charge is 0.618 e. The van der Waals surface area contributed by atoms with Gasteiger partial charge < -0.3 is 25.3 Å². The van der Waals surface area contributed by atoms with Crippen molar-refractivity contribution in [2.45, 2.75) is 13.1 Å². The molecule has 0 bridgehead atoms. The predicted molar refractivity (Wildman–Crippen MR) is 123 cm³/mol. The monoisotopic (exact) mass is 458 g/mol. The van der Waals surface area contributed by atoms with Crippen LogP contribution < -0.4 is 10.0 Å². The van der Waals surface area contributed by atoms with Crippen LogP contribution in [0.25, 0.3) is 21.7 Å². The summed E-state index contributed by atoms with van der Waals surface area (Å²) < 4.78 is 15.4. The van der Waals surface area contributed by atoms with Gasteiger partial charge in [-0.25, -0.2) is 4.39 Å². The second-order valence-corrected chi connectivity index (χ2v) is 7.82. The van der Waals surface area contributed by atoms with E-state index in [2.05, 4.69) is 10.3 Å². The van der Waals surface area contributed by atoms with Crippen LogP contribution in [0.2, 0.25) is 0 Å². The molecule has 3 aromatic heterocycles. The van der Waals surface area contributed by atoms with Gasteiger partial charge in [0.05, 0.1) is 17.5 Å². The molecule has 5 aromatic rings. The lowest BCUT2D eigenvalue weighted by Gasteiger charge is -2.11. The lowest BCUT2D eigenvalue weighted by atomic mass is 10.0. The number of fused-ring (bicyclic) bond motifs is 2. The van der Waals surface area contributed by atoms with Gasteiger partial charge in [0.15, 0.2) is 11.9 Å². The molecule has 0 aliphatic rings. The van der Waals surface area contributed by atoms with Crippen LogP contribution in [0.4, 0.5) is 4.39 Å². The Morgan fingerprint density at radius 2 is 1.88 bits per heavy atom. The van der Waals surface area contributed by atoms with Gasteiger partial charge in [-0.1, -0.05) is 18.2 Å². The number of benzene rings is 2. The highest BCUT2D eigenvalue weighted by molar-refractivity contribution is 6.21. The van der Waals surface area contributed by atoms with Crippen LogP contribution in [-0.2, 0) is 13.1 Å². The number of aromatic nitrogens is 3. The van der Waals surface area contributed by atoms with E-state index in [0.29, 0.717) is 26.8 Å². The van der Waals surface area contributed by atoms with Gasteiger partial charge in [0, 0.05) is 35.3 Å². The summed E-state index contributed by atoms with van der Waals surface area (Å²) in [5.74, 6) is -1.37. The third kappa shape index (κ3) is 3.62. The molecule has 0 saturated heterocycles. The third-order valence-corrected chi connectivity index (χ3v) is 5.68. The van der Waals surface area contributed by atoms with E-state index in [1.165, 1.54) is 29.1 Å². The minimum Gasteiger partial charge on any atom is -0.618 e. The normalized spacial score (nSPS) is 11.2. The van der Waals surface area contributed by atoms with Gasteiger partial charge in [-0.05, 0) is 29.8 Å². The summed E-state index contributed by atoms with van der Waals surface area (Å²) in [5.41, 5.74) is 1.44. The Hall–Kier alpha value is -4.66. The number of amides is 1. The number of carbonyl (C=O) groups excluding carboxylic acids is 1. The first-order chi connectivity index (χ1) is 16.4. The van der Waals surface area contributed by atoms with Crippen LogP contribution >= 0.6 is 0 Å². The van der Waals surface area contributed by atoms with Crippen molar-refractivity contribution in [1.82, 2.24) is 14.9 Å². The van der Waals surface area contributed by atoms with Gasteiger partial charge in [-0.2, -0.15) is 4.73 Å². The number of rotatable bonds is 5. The smallest absolute Gasteiger partial charge is 0.253 e. The first-order valence-corrected chi connectivity index (χ1v) is 10.4. The predicted octanol–water partition coefficient (Wildman–Crippen LogP) is 3.35. The summed E-state index contributed by atoms with van der Waals surface area (Å²) in [4.78, 5) is 17.5. The van der Waals surface area contributed by atoms with Crippen LogP contribution in [0.5, 0.6) is 11.6 Å². The number of hydrogen-bond acceptors (Lipinski definition) is 5. The van der Waals surface area contributed by atoms with Gasteiger partial charge in [0.1, 0.15) is 17.9 Å². The fourth-order valence-corrected chi connectivity index (χ4v) is 4.04. The summed E-state index contributed by atoms with van der Waals surface area (Å²) in [6.07, 6.45) is 4.38. The first kappa shape index (κ1) is 21.2. The lowest BCUT2D eigenvalue weighted by molar-refractivity contribution is -0.614. The molecule has 0 aliphatic heterocycles. The van der Waals surface area contributed by atoms with Gasteiger partial charge in [0.2, 0.25) is 11.6 Å². The molecule has 0 spiro atoms. The molecule has 0 saturated carbocycles. The molecule has 0 fully saturated rings. The van der Waals surface area contributed by atoms with Crippen molar-refractivity contribution in [3.05, 3.63) is 101 Å². The van der Waals surface area contributed by atoms with E-state index in [9.17, 15) is 24.6 Å². The van der Waals surface area contributed by atoms with Gasteiger partial charge >= 0.3 is 0 Å². The standard InChI is InChI=1S/C25H19FN4O4/c26-16-8-6-15(7-9-16)13-29-14-19-20(24(32)28-12-17-4-1-2-11-30(17)34)18-5-3-10-27-22(18)23(31)21(19)25(29)33/h1-11,14,31,33H,12-13H2,(H,28,32). The lowest BCUT2D eigenvalue weighted by Crippen LogP contribution is -2.35. The average Bonchev–Trinajstić information content (AvgIpc) is 3.16. The van der Waals surface area contributed by atoms with E-state index in [0.717, 1.165) is 0 Å². The Bertz CT molecular complexity index is 1550. The maximum atomic E-state index is 13.3. The van der Waals surface area contributed by atoms with Crippen LogP contribution in [-0.4, -0.2) is 25.7 Å². The second kappa shape index (κ2) is 8.36. The summed E-state index contributed by atoms with van der Waals surface area (Å²) >= 11 is 0. The minimum absolute atomic E-state index is 0.0183. The van der Waals surface area contributed by atoms with E-state index in [-0.39, 0.29) is 47.0 Å². The number of aromatic hydroxyl groups is 2. The minimum atomic E-state index is -0.495. The number of nitrogens with zero attached hydrogens (tertiary/aromatic N) is 3. The fraction of sp³-hybridized carbons (Fsp3) is 0.0800. The molecular weight excluding hydrogens is 439 g/mol. The molecule has 5 rings (SSSR count).